The summed E-state index contributed by atoms with van der Waals surface area (Å²) in [6, 6.07) is 10.8. The number of piperidine rings is 2. The molecular formula is C17H20N2. The van der Waals surface area contributed by atoms with E-state index in [4.69, 9.17) is 0 Å². The van der Waals surface area contributed by atoms with Crippen molar-refractivity contribution in [3.05, 3.63) is 53.7 Å². The Labute approximate surface area is 114 Å². The summed E-state index contributed by atoms with van der Waals surface area (Å²) in [5.74, 6) is 1.58. The lowest BCUT2D eigenvalue weighted by molar-refractivity contribution is 0.158. The van der Waals surface area contributed by atoms with Crippen LogP contribution in [0, 0.1) is 11.8 Å². The van der Waals surface area contributed by atoms with Crippen molar-refractivity contribution in [1.82, 2.24) is 10.2 Å². The van der Waals surface area contributed by atoms with Crippen LogP contribution in [0.5, 0.6) is 0 Å². The molecule has 1 aromatic carbocycles. The van der Waals surface area contributed by atoms with E-state index in [1.165, 1.54) is 30.6 Å². The summed E-state index contributed by atoms with van der Waals surface area (Å²) in [5.41, 5.74) is 4.38. The van der Waals surface area contributed by atoms with Gasteiger partial charge >= 0.3 is 0 Å². The Balaban J connectivity index is 1.65. The molecule has 98 valence electrons. The molecular weight excluding hydrogens is 232 g/mol. The van der Waals surface area contributed by atoms with Crippen LogP contribution in [0.3, 0.4) is 0 Å². The lowest BCUT2D eigenvalue weighted by Crippen LogP contribution is -2.50. The lowest BCUT2D eigenvalue weighted by Gasteiger charge is -2.46. The Morgan fingerprint density at radius 3 is 2.84 bits per heavy atom. The molecule has 3 aliphatic heterocycles. The SMILES string of the molecule is C1=C(c2ccccc2)CN2CC3CNCC(C3)C2=C1. The fourth-order valence-electron chi connectivity index (χ4n) is 3.75. The summed E-state index contributed by atoms with van der Waals surface area (Å²) in [7, 11) is 0. The van der Waals surface area contributed by atoms with Gasteiger partial charge in [0.1, 0.15) is 0 Å². The predicted octanol–water partition coefficient (Wildman–Crippen LogP) is 2.51. The van der Waals surface area contributed by atoms with E-state index in [2.05, 4.69) is 52.7 Å². The molecule has 0 aromatic heterocycles. The van der Waals surface area contributed by atoms with E-state index in [0.717, 1.165) is 24.9 Å². The standard InChI is InChI=1S/C17H20N2/c1-2-4-14(5-3-1)15-6-7-17-16-8-13(9-18-10-16)11-19(17)12-15/h1-7,13,16,18H,8-12H2. The third-order valence-corrected chi connectivity index (χ3v) is 4.66. The highest BCUT2D eigenvalue weighted by Gasteiger charge is 2.34. The number of nitrogens with zero attached hydrogens (tertiary/aromatic N) is 1. The second kappa shape index (κ2) is 4.53. The Bertz CT molecular complexity index is 529. The number of hydrogen-bond donors (Lipinski definition) is 1. The van der Waals surface area contributed by atoms with Crippen LogP contribution in [-0.2, 0) is 0 Å². The van der Waals surface area contributed by atoms with Crippen molar-refractivity contribution in [3.8, 4) is 0 Å². The fourth-order valence-corrected chi connectivity index (χ4v) is 3.75. The number of benzene rings is 1. The molecule has 4 rings (SSSR count). The first-order valence-electron chi connectivity index (χ1n) is 7.32. The second-order valence-electron chi connectivity index (χ2n) is 5.99. The van der Waals surface area contributed by atoms with E-state index in [-0.39, 0.29) is 0 Å². The minimum absolute atomic E-state index is 0.737. The van der Waals surface area contributed by atoms with Crippen molar-refractivity contribution in [2.45, 2.75) is 6.42 Å². The molecule has 0 saturated carbocycles. The molecule has 2 unspecified atom stereocenters. The molecule has 1 N–H and O–H groups in total. The van der Waals surface area contributed by atoms with Gasteiger partial charge < -0.3 is 10.2 Å². The molecule has 0 radical (unpaired) electrons. The number of nitrogens with one attached hydrogen (secondary N) is 1. The average Bonchev–Trinajstić information content (AvgIpc) is 2.48. The first-order valence-corrected chi connectivity index (χ1v) is 7.32. The van der Waals surface area contributed by atoms with Gasteiger partial charge in [0, 0.05) is 31.2 Å². The van der Waals surface area contributed by atoms with E-state index in [9.17, 15) is 0 Å². The smallest absolute Gasteiger partial charge is 0.0432 e. The Morgan fingerprint density at radius 1 is 1.05 bits per heavy atom. The third-order valence-electron chi connectivity index (χ3n) is 4.66. The molecule has 0 aliphatic carbocycles. The van der Waals surface area contributed by atoms with Crippen molar-refractivity contribution in [1.29, 1.82) is 0 Å². The molecule has 2 heteroatoms. The second-order valence-corrected chi connectivity index (χ2v) is 5.99. The maximum absolute atomic E-state index is 3.57. The lowest BCUT2D eigenvalue weighted by atomic mass is 9.81. The predicted molar refractivity (Wildman–Crippen MR) is 78.5 cm³/mol. The molecule has 3 heterocycles. The third kappa shape index (κ3) is 2.00. The van der Waals surface area contributed by atoms with Gasteiger partial charge in [0.15, 0.2) is 0 Å². The number of allylic oxidation sites excluding steroid dienone is 2. The summed E-state index contributed by atoms with van der Waals surface area (Å²) < 4.78 is 0. The molecule has 2 nitrogen and oxygen atoms in total. The maximum Gasteiger partial charge on any atom is 0.0432 e. The highest BCUT2D eigenvalue weighted by Crippen LogP contribution is 2.36. The molecule has 0 spiro atoms. The Morgan fingerprint density at radius 2 is 1.95 bits per heavy atom. The van der Waals surface area contributed by atoms with E-state index in [0.29, 0.717) is 0 Å². The van der Waals surface area contributed by atoms with E-state index >= 15 is 0 Å². The minimum atomic E-state index is 0.737. The van der Waals surface area contributed by atoms with Gasteiger partial charge in [-0.15, -0.1) is 0 Å². The molecule has 3 aliphatic rings. The Hall–Kier alpha value is -1.54. The summed E-state index contributed by atoms with van der Waals surface area (Å²) >= 11 is 0. The molecule has 0 amide bonds. The Kier molecular flexibility index (Phi) is 2.70. The van der Waals surface area contributed by atoms with Crippen LogP contribution in [0.25, 0.3) is 5.57 Å². The van der Waals surface area contributed by atoms with Gasteiger partial charge in [0.25, 0.3) is 0 Å². The highest BCUT2D eigenvalue weighted by atomic mass is 15.2. The quantitative estimate of drug-likeness (QED) is 0.826. The van der Waals surface area contributed by atoms with Crippen molar-refractivity contribution >= 4 is 5.57 Å². The van der Waals surface area contributed by atoms with E-state index < -0.39 is 0 Å². The first-order chi connectivity index (χ1) is 9.40. The number of hydrogen-bond acceptors (Lipinski definition) is 2. The minimum Gasteiger partial charge on any atom is -0.370 e. The molecule has 2 bridgehead atoms. The van der Waals surface area contributed by atoms with Gasteiger partial charge in [-0.25, -0.2) is 0 Å². The number of fused-ring (bicyclic) bond motifs is 4. The van der Waals surface area contributed by atoms with Gasteiger partial charge in [-0.1, -0.05) is 36.4 Å². The van der Waals surface area contributed by atoms with Gasteiger partial charge in [-0.05, 0) is 36.1 Å². The van der Waals surface area contributed by atoms with Gasteiger partial charge in [-0.3, -0.25) is 0 Å². The summed E-state index contributed by atoms with van der Waals surface area (Å²) in [5, 5.41) is 3.57. The molecule has 19 heavy (non-hydrogen) atoms. The van der Waals surface area contributed by atoms with Crippen LogP contribution >= 0.6 is 0 Å². The van der Waals surface area contributed by atoms with Crippen LogP contribution in [0.15, 0.2) is 48.2 Å². The van der Waals surface area contributed by atoms with Gasteiger partial charge in [0.05, 0.1) is 0 Å². The zero-order valence-corrected chi connectivity index (χ0v) is 11.2. The van der Waals surface area contributed by atoms with Crippen molar-refractivity contribution in [3.63, 3.8) is 0 Å². The molecule has 1 aromatic rings. The van der Waals surface area contributed by atoms with Gasteiger partial charge in [-0.2, -0.15) is 0 Å². The van der Waals surface area contributed by atoms with Crippen molar-refractivity contribution < 1.29 is 0 Å². The van der Waals surface area contributed by atoms with Gasteiger partial charge in [0.2, 0.25) is 0 Å². The zero-order valence-electron chi connectivity index (χ0n) is 11.2. The average molecular weight is 252 g/mol. The maximum atomic E-state index is 3.57. The summed E-state index contributed by atoms with van der Waals surface area (Å²) in [6.45, 7) is 4.67. The van der Waals surface area contributed by atoms with E-state index in [1.807, 2.05) is 0 Å². The normalized spacial score (nSPS) is 29.4. The first kappa shape index (κ1) is 11.3. The van der Waals surface area contributed by atoms with Crippen LogP contribution in [0.2, 0.25) is 0 Å². The molecule has 2 atom stereocenters. The fraction of sp³-hybridized carbons (Fsp3) is 0.412. The van der Waals surface area contributed by atoms with Crippen LogP contribution < -0.4 is 5.32 Å². The van der Waals surface area contributed by atoms with Crippen LogP contribution in [0.4, 0.5) is 0 Å². The molecule has 2 fully saturated rings. The zero-order chi connectivity index (χ0) is 12.7. The summed E-state index contributed by atoms with van der Waals surface area (Å²) in [6.07, 6.45) is 6.07. The number of rotatable bonds is 1. The monoisotopic (exact) mass is 252 g/mol. The van der Waals surface area contributed by atoms with Crippen LogP contribution in [0.1, 0.15) is 12.0 Å². The van der Waals surface area contributed by atoms with Crippen molar-refractivity contribution in [2.24, 2.45) is 11.8 Å². The highest BCUT2D eigenvalue weighted by molar-refractivity contribution is 5.70. The summed E-state index contributed by atoms with van der Waals surface area (Å²) in [4.78, 5) is 2.61. The topological polar surface area (TPSA) is 15.3 Å². The molecule has 2 saturated heterocycles. The van der Waals surface area contributed by atoms with Crippen LogP contribution in [-0.4, -0.2) is 31.1 Å². The van der Waals surface area contributed by atoms with Crippen molar-refractivity contribution in [2.75, 3.05) is 26.2 Å². The van der Waals surface area contributed by atoms with E-state index in [1.54, 1.807) is 5.70 Å². The largest absolute Gasteiger partial charge is 0.370 e.